The molecule has 0 aromatic carbocycles. The molecule has 0 aliphatic carbocycles. The molecule has 0 saturated carbocycles. The zero-order valence-electron chi connectivity index (χ0n) is 5.46. The van der Waals surface area contributed by atoms with E-state index in [9.17, 15) is 4.39 Å². The fourth-order valence-corrected chi connectivity index (χ4v) is 1.08. The van der Waals surface area contributed by atoms with Crippen LogP contribution in [0.2, 0.25) is 5.02 Å². The van der Waals surface area contributed by atoms with Crippen molar-refractivity contribution in [1.82, 2.24) is 9.38 Å². The highest BCUT2D eigenvalue weighted by Crippen LogP contribution is 2.15. The van der Waals surface area contributed by atoms with Crippen LogP contribution in [0.3, 0.4) is 0 Å². The number of pyridine rings is 1. The minimum atomic E-state index is -0.433. The first-order chi connectivity index (χ1) is 5.27. The Balaban J connectivity index is 2.86. The van der Waals surface area contributed by atoms with Gasteiger partial charge in [0.2, 0.25) is 0 Å². The van der Waals surface area contributed by atoms with E-state index in [1.165, 1.54) is 18.6 Å². The third-order valence-electron chi connectivity index (χ3n) is 1.45. The molecule has 0 bridgehead atoms. The van der Waals surface area contributed by atoms with Gasteiger partial charge in [-0.3, -0.25) is 0 Å². The van der Waals surface area contributed by atoms with Crippen molar-refractivity contribution in [3.05, 3.63) is 35.6 Å². The second-order valence-corrected chi connectivity index (χ2v) is 2.60. The molecule has 2 aromatic heterocycles. The van der Waals surface area contributed by atoms with E-state index in [2.05, 4.69) is 4.98 Å². The van der Waals surface area contributed by atoms with Crippen molar-refractivity contribution in [2.75, 3.05) is 0 Å². The van der Waals surface area contributed by atoms with Crippen LogP contribution in [0.15, 0.2) is 24.8 Å². The van der Waals surface area contributed by atoms with Crippen molar-refractivity contribution in [1.29, 1.82) is 0 Å². The number of rotatable bonds is 0. The van der Waals surface area contributed by atoms with Crippen molar-refractivity contribution in [3.8, 4) is 0 Å². The zero-order chi connectivity index (χ0) is 7.84. The summed E-state index contributed by atoms with van der Waals surface area (Å²) < 4.78 is 14.3. The fourth-order valence-electron chi connectivity index (χ4n) is 0.917. The molecule has 0 atom stereocenters. The highest BCUT2D eigenvalue weighted by molar-refractivity contribution is 6.31. The Morgan fingerprint density at radius 3 is 3.18 bits per heavy atom. The molecule has 56 valence electrons. The van der Waals surface area contributed by atoms with Gasteiger partial charge in [-0.15, -0.1) is 0 Å². The Bertz CT molecular complexity index is 360. The van der Waals surface area contributed by atoms with Crippen LogP contribution in [-0.4, -0.2) is 9.38 Å². The lowest BCUT2D eigenvalue weighted by Crippen LogP contribution is -1.84. The monoisotopic (exact) mass is 170 g/mol. The van der Waals surface area contributed by atoms with Crippen molar-refractivity contribution in [3.63, 3.8) is 0 Å². The van der Waals surface area contributed by atoms with Gasteiger partial charge in [-0.05, 0) is 6.07 Å². The highest BCUT2D eigenvalue weighted by Gasteiger charge is 2.00. The summed E-state index contributed by atoms with van der Waals surface area (Å²) in [7, 11) is 0. The summed E-state index contributed by atoms with van der Waals surface area (Å²) in [6.07, 6.45) is 4.44. The predicted molar refractivity (Wildman–Crippen MR) is 40.2 cm³/mol. The number of imidazole rings is 1. The maximum Gasteiger partial charge on any atom is 0.158 e. The third-order valence-corrected chi connectivity index (χ3v) is 1.74. The topological polar surface area (TPSA) is 17.3 Å². The second kappa shape index (κ2) is 2.20. The number of fused-ring (bicyclic) bond motifs is 1. The van der Waals surface area contributed by atoms with E-state index in [0.717, 1.165) is 5.52 Å². The van der Waals surface area contributed by atoms with E-state index in [1.54, 1.807) is 10.6 Å². The van der Waals surface area contributed by atoms with Gasteiger partial charge in [-0.25, -0.2) is 9.37 Å². The summed E-state index contributed by atoms with van der Waals surface area (Å²) in [5, 5.41) is 0.123. The Labute approximate surface area is 67.2 Å². The molecule has 0 amide bonds. The van der Waals surface area contributed by atoms with Crippen LogP contribution in [0, 0.1) is 5.82 Å². The summed E-state index contributed by atoms with van der Waals surface area (Å²) in [6.45, 7) is 0. The van der Waals surface area contributed by atoms with Gasteiger partial charge in [0, 0.05) is 6.20 Å². The van der Waals surface area contributed by atoms with Gasteiger partial charge < -0.3 is 4.40 Å². The van der Waals surface area contributed by atoms with E-state index >= 15 is 0 Å². The van der Waals surface area contributed by atoms with Gasteiger partial charge in [0.15, 0.2) is 5.82 Å². The first kappa shape index (κ1) is 6.61. The summed E-state index contributed by atoms with van der Waals surface area (Å²) in [5.74, 6) is -0.433. The molecular formula is C7H4ClFN2. The molecule has 0 spiro atoms. The molecule has 0 radical (unpaired) electrons. The third kappa shape index (κ3) is 0.973. The molecule has 11 heavy (non-hydrogen) atoms. The van der Waals surface area contributed by atoms with Crippen LogP contribution in [-0.2, 0) is 0 Å². The fraction of sp³-hybridized carbons (Fsp3) is 0. The average molecular weight is 171 g/mol. The number of nitrogens with zero attached hydrogens (tertiary/aromatic N) is 2. The Hall–Kier alpha value is -1.09. The van der Waals surface area contributed by atoms with E-state index in [4.69, 9.17) is 11.6 Å². The quantitative estimate of drug-likeness (QED) is 0.592. The van der Waals surface area contributed by atoms with Gasteiger partial charge in [-0.1, -0.05) is 11.6 Å². The lowest BCUT2D eigenvalue weighted by molar-refractivity contribution is 0.620. The number of halogens is 2. The Morgan fingerprint density at radius 2 is 2.36 bits per heavy atom. The number of hydrogen-bond acceptors (Lipinski definition) is 1. The number of hydrogen-bond donors (Lipinski definition) is 0. The molecule has 4 heteroatoms. The molecule has 0 unspecified atom stereocenters. The maximum atomic E-state index is 12.7. The van der Waals surface area contributed by atoms with Gasteiger partial charge >= 0.3 is 0 Å². The van der Waals surface area contributed by atoms with Crippen LogP contribution in [0.25, 0.3) is 5.52 Å². The van der Waals surface area contributed by atoms with Gasteiger partial charge in [-0.2, -0.15) is 0 Å². The molecule has 2 aromatic rings. The summed E-state index contributed by atoms with van der Waals surface area (Å²) >= 11 is 5.53. The van der Waals surface area contributed by atoms with Crippen LogP contribution in [0.1, 0.15) is 0 Å². The largest absolute Gasteiger partial charge is 0.303 e. The van der Waals surface area contributed by atoms with Crippen molar-refractivity contribution < 1.29 is 4.39 Å². The highest BCUT2D eigenvalue weighted by atomic mass is 35.5. The summed E-state index contributed by atoms with van der Waals surface area (Å²) in [4.78, 5) is 3.82. The van der Waals surface area contributed by atoms with Crippen LogP contribution in [0.4, 0.5) is 4.39 Å². The van der Waals surface area contributed by atoms with Gasteiger partial charge in [0.05, 0.1) is 23.1 Å². The minimum absolute atomic E-state index is 0.123. The lowest BCUT2D eigenvalue weighted by Gasteiger charge is -1.95. The molecule has 2 nitrogen and oxygen atoms in total. The molecule has 0 saturated heterocycles. The molecular weight excluding hydrogens is 167 g/mol. The maximum absolute atomic E-state index is 12.7. The molecule has 2 rings (SSSR count). The standard InChI is InChI=1S/C7H4ClFN2/c8-6-1-5-2-10-4-11(5)3-7(6)9/h1-4H. The van der Waals surface area contributed by atoms with E-state index in [0.29, 0.717) is 0 Å². The number of aromatic nitrogens is 2. The molecule has 0 aliphatic rings. The van der Waals surface area contributed by atoms with Gasteiger partial charge in [0.1, 0.15) is 0 Å². The second-order valence-electron chi connectivity index (χ2n) is 2.20. The zero-order valence-corrected chi connectivity index (χ0v) is 6.22. The summed E-state index contributed by atoms with van der Waals surface area (Å²) in [6, 6.07) is 1.53. The smallest absolute Gasteiger partial charge is 0.158 e. The SMILES string of the molecule is Fc1cn2cncc2cc1Cl. The van der Waals surface area contributed by atoms with E-state index < -0.39 is 5.82 Å². The van der Waals surface area contributed by atoms with E-state index in [1.807, 2.05) is 0 Å². The molecule has 0 N–H and O–H groups in total. The van der Waals surface area contributed by atoms with Gasteiger partial charge in [0.25, 0.3) is 0 Å². The van der Waals surface area contributed by atoms with Crippen LogP contribution < -0.4 is 0 Å². The first-order valence-corrected chi connectivity index (χ1v) is 3.42. The van der Waals surface area contributed by atoms with Crippen LogP contribution >= 0.6 is 11.6 Å². The van der Waals surface area contributed by atoms with Crippen molar-refractivity contribution in [2.24, 2.45) is 0 Å². The normalized spacial score (nSPS) is 10.7. The minimum Gasteiger partial charge on any atom is -0.303 e. The summed E-state index contributed by atoms with van der Waals surface area (Å²) in [5.41, 5.74) is 0.788. The lowest BCUT2D eigenvalue weighted by atomic mass is 10.4. The van der Waals surface area contributed by atoms with Crippen LogP contribution in [0.5, 0.6) is 0 Å². The average Bonchev–Trinajstić information content (AvgIpc) is 2.36. The molecule has 0 aliphatic heterocycles. The predicted octanol–water partition coefficient (Wildman–Crippen LogP) is 2.13. The Morgan fingerprint density at radius 1 is 1.55 bits per heavy atom. The molecule has 0 fully saturated rings. The van der Waals surface area contributed by atoms with Crippen molar-refractivity contribution >= 4 is 17.1 Å². The molecule has 2 heterocycles. The Kier molecular flexibility index (Phi) is 1.32. The van der Waals surface area contributed by atoms with E-state index in [-0.39, 0.29) is 5.02 Å². The first-order valence-electron chi connectivity index (χ1n) is 3.04. The van der Waals surface area contributed by atoms with Crippen molar-refractivity contribution in [2.45, 2.75) is 0 Å².